The number of rotatable bonds is 4. The largest absolute Gasteiger partial charge is 0.462 e. The highest BCUT2D eigenvalue weighted by Gasteiger charge is 2.66. The van der Waals surface area contributed by atoms with Crippen LogP contribution in [0.1, 0.15) is 40.5 Å². The Morgan fingerprint density at radius 1 is 1.28 bits per heavy atom. The Labute approximate surface area is 147 Å². The molecule has 0 saturated heterocycles. The SMILES string of the molecule is CC(=O)OCC1=COC(OC(C)=O)C2C(C=O)CCC3C(C12)C3(C)C. The van der Waals surface area contributed by atoms with Gasteiger partial charge in [-0.15, -0.1) is 0 Å². The molecule has 6 nitrogen and oxygen atoms in total. The fraction of sp³-hybridized carbons (Fsp3) is 0.737. The molecule has 0 spiro atoms. The maximum absolute atomic E-state index is 11.8. The van der Waals surface area contributed by atoms with Crippen molar-refractivity contribution in [3.8, 4) is 0 Å². The van der Waals surface area contributed by atoms with E-state index in [9.17, 15) is 14.4 Å². The lowest BCUT2D eigenvalue weighted by Crippen LogP contribution is -2.43. The van der Waals surface area contributed by atoms with E-state index >= 15 is 0 Å². The van der Waals surface area contributed by atoms with E-state index in [4.69, 9.17) is 14.2 Å². The maximum Gasteiger partial charge on any atom is 0.305 e. The molecule has 0 bridgehead atoms. The predicted octanol–water partition coefficient (Wildman–Crippen LogP) is 2.47. The molecule has 0 amide bonds. The molecule has 1 aliphatic heterocycles. The van der Waals surface area contributed by atoms with Gasteiger partial charge in [-0.2, -0.15) is 0 Å². The molecule has 3 aliphatic rings. The van der Waals surface area contributed by atoms with Gasteiger partial charge in [0.05, 0.1) is 6.26 Å². The van der Waals surface area contributed by atoms with Gasteiger partial charge in [0.1, 0.15) is 12.9 Å². The highest BCUT2D eigenvalue weighted by molar-refractivity contribution is 5.66. The maximum atomic E-state index is 11.8. The van der Waals surface area contributed by atoms with Gasteiger partial charge >= 0.3 is 11.9 Å². The molecule has 6 unspecified atom stereocenters. The molecule has 0 N–H and O–H groups in total. The molecule has 0 aromatic carbocycles. The molecular weight excluding hydrogens is 324 g/mol. The topological polar surface area (TPSA) is 78.9 Å². The minimum Gasteiger partial charge on any atom is -0.462 e. The van der Waals surface area contributed by atoms with Crippen LogP contribution in [0.25, 0.3) is 0 Å². The van der Waals surface area contributed by atoms with Crippen molar-refractivity contribution in [2.75, 3.05) is 6.61 Å². The van der Waals surface area contributed by atoms with Crippen LogP contribution in [0.5, 0.6) is 0 Å². The van der Waals surface area contributed by atoms with Gasteiger partial charge in [-0.1, -0.05) is 13.8 Å². The second-order valence-corrected chi connectivity index (χ2v) is 8.02. The molecule has 6 atom stereocenters. The fourth-order valence-corrected chi connectivity index (χ4v) is 5.04. The number of hydrogen-bond acceptors (Lipinski definition) is 6. The number of aldehydes is 1. The van der Waals surface area contributed by atoms with Crippen molar-refractivity contribution >= 4 is 18.2 Å². The zero-order chi connectivity index (χ0) is 18.4. The van der Waals surface area contributed by atoms with Crippen LogP contribution >= 0.6 is 0 Å². The quantitative estimate of drug-likeness (QED) is 0.572. The predicted molar refractivity (Wildman–Crippen MR) is 87.9 cm³/mol. The summed E-state index contributed by atoms with van der Waals surface area (Å²) < 4.78 is 16.3. The van der Waals surface area contributed by atoms with E-state index in [1.54, 1.807) is 6.26 Å². The summed E-state index contributed by atoms with van der Waals surface area (Å²) in [5, 5.41) is 0. The van der Waals surface area contributed by atoms with Crippen molar-refractivity contribution in [2.24, 2.45) is 35.0 Å². The zero-order valence-electron chi connectivity index (χ0n) is 15.2. The molecule has 6 heteroatoms. The Kier molecular flexibility index (Phi) is 4.64. The summed E-state index contributed by atoms with van der Waals surface area (Å²) in [6.45, 7) is 7.33. The first-order chi connectivity index (χ1) is 11.8. The van der Waals surface area contributed by atoms with Crippen molar-refractivity contribution < 1.29 is 28.6 Å². The van der Waals surface area contributed by atoms with Gasteiger partial charge < -0.3 is 19.0 Å². The number of carbonyl (C=O) groups excluding carboxylic acids is 3. The van der Waals surface area contributed by atoms with Gasteiger partial charge in [-0.3, -0.25) is 9.59 Å². The summed E-state index contributed by atoms with van der Waals surface area (Å²) in [6.07, 6.45) is 3.49. The van der Waals surface area contributed by atoms with Crippen LogP contribution in [0, 0.1) is 35.0 Å². The molecule has 0 radical (unpaired) electrons. The third-order valence-corrected chi connectivity index (χ3v) is 6.24. The first-order valence-corrected chi connectivity index (χ1v) is 8.87. The van der Waals surface area contributed by atoms with Crippen LogP contribution < -0.4 is 0 Å². The van der Waals surface area contributed by atoms with Gasteiger partial charge in [0, 0.05) is 37.2 Å². The van der Waals surface area contributed by atoms with Crippen molar-refractivity contribution in [1.82, 2.24) is 0 Å². The van der Waals surface area contributed by atoms with Crippen LogP contribution in [0.15, 0.2) is 11.8 Å². The van der Waals surface area contributed by atoms with E-state index in [1.165, 1.54) is 13.8 Å². The third-order valence-electron chi connectivity index (χ3n) is 6.24. The first-order valence-electron chi connectivity index (χ1n) is 8.87. The summed E-state index contributed by atoms with van der Waals surface area (Å²) in [6, 6.07) is 0. The molecule has 2 fully saturated rings. The molecule has 2 saturated carbocycles. The number of fused-ring (bicyclic) bond motifs is 3. The molecule has 0 aromatic heterocycles. The van der Waals surface area contributed by atoms with Gasteiger partial charge in [-0.25, -0.2) is 0 Å². The number of carbonyl (C=O) groups is 3. The standard InChI is InChI=1S/C19H26O6/c1-10(21)23-8-13-9-24-18(25-11(2)22)16-12(7-20)5-6-14-17(15(13)16)19(14,3)4/h7,9,12,14-18H,5-6,8H2,1-4H3. The second kappa shape index (κ2) is 6.46. The Morgan fingerprint density at radius 2 is 2.00 bits per heavy atom. The molecule has 2 aliphatic carbocycles. The summed E-state index contributed by atoms with van der Waals surface area (Å²) in [5.41, 5.74) is 1.03. The summed E-state index contributed by atoms with van der Waals surface area (Å²) in [5.74, 6) is -0.372. The van der Waals surface area contributed by atoms with Crippen LogP contribution in [-0.4, -0.2) is 31.1 Å². The second-order valence-electron chi connectivity index (χ2n) is 8.02. The minimum atomic E-state index is -0.770. The van der Waals surface area contributed by atoms with Crippen molar-refractivity contribution in [3.63, 3.8) is 0 Å². The van der Waals surface area contributed by atoms with Gasteiger partial charge in [0.25, 0.3) is 0 Å². The van der Waals surface area contributed by atoms with E-state index in [1.807, 2.05) is 0 Å². The lowest BCUT2D eigenvalue weighted by atomic mass is 9.72. The fourth-order valence-electron chi connectivity index (χ4n) is 5.04. The lowest BCUT2D eigenvalue weighted by molar-refractivity contribution is -0.191. The molecule has 138 valence electrons. The highest BCUT2D eigenvalue weighted by atomic mass is 16.7. The normalized spacial score (nSPS) is 38.0. The first kappa shape index (κ1) is 18.0. The summed E-state index contributed by atoms with van der Waals surface area (Å²) in [4.78, 5) is 34.5. The lowest BCUT2D eigenvalue weighted by Gasteiger charge is -2.40. The van der Waals surface area contributed by atoms with E-state index in [-0.39, 0.29) is 35.7 Å². The van der Waals surface area contributed by atoms with Crippen molar-refractivity contribution in [2.45, 2.75) is 46.8 Å². The third kappa shape index (κ3) is 3.18. The van der Waals surface area contributed by atoms with Crippen LogP contribution in [0.2, 0.25) is 0 Å². The average Bonchev–Trinajstić information content (AvgIpc) is 3.13. The van der Waals surface area contributed by atoms with Crippen LogP contribution in [0.4, 0.5) is 0 Å². The molecule has 3 rings (SSSR count). The molecule has 0 aromatic rings. The van der Waals surface area contributed by atoms with E-state index in [0.29, 0.717) is 11.8 Å². The Bertz CT molecular complexity index is 607. The molecule has 25 heavy (non-hydrogen) atoms. The zero-order valence-corrected chi connectivity index (χ0v) is 15.2. The number of hydrogen-bond donors (Lipinski definition) is 0. The van der Waals surface area contributed by atoms with Crippen LogP contribution in [-0.2, 0) is 28.6 Å². The Balaban J connectivity index is 1.96. The van der Waals surface area contributed by atoms with Gasteiger partial charge in [0.2, 0.25) is 6.29 Å². The van der Waals surface area contributed by atoms with E-state index < -0.39 is 12.3 Å². The number of ether oxygens (including phenoxy) is 3. The van der Waals surface area contributed by atoms with Gasteiger partial charge in [-0.05, 0) is 30.1 Å². The Morgan fingerprint density at radius 3 is 2.60 bits per heavy atom. The Hall–Kier alpha value is -1.85. The van der Waals surface area contributed by atoms with Crippen molar-refractivity contribution in [3.05, 3.63) is 11.8 Å². The van der Waals surface area contributed by atoms with Crippen molar-refractivity contribution in [1.29, 1.82) is 0 Å². The minimum absolute atomic E-state index is 0.00940. The van der Waals surface area contributed by atoms with E-state index in [0.717, 1.165) is 24.7 Å². The highest BCUT2D eigenvalue weighted by Crippen LogP contribution is 2.69. The number of esters is 2. The molecular formula is C19H26O6. The summed E-state index contributed by atoms with van der Waals surface area (Å²) >= 11 is 0. The molecule has 1 heterocycles. The van der Waals surface area contributed by atoms with Crippen LogP contribution in [0.3, 0.4) is 0 Å². The monoisotopic (exact) mass is 350 g/mol. The van der Waals surface area contributed by atoms with Gasteiger partial charge in [0.15, 0.2) is 0 Å². The average molecular weight is 350 g/mol. The summed E-state index contributed by atoms with van der Waals surface area (Å²) in [7, 11) is 0. The smallest absolute Gasteiger partial charge is 0.305 e. The van der Waals surface area contributed by atoms with E-state index in [2.05, 4.69) is 13.8 Å².